The van der Waals surface area contributed by atoms with Crippen LogP contribution < -0.4 is 5.32 Å². The van der Waals surface area contributed by atoms with E-state index >= 15 is 0 Å². The number of nitrogens with one attached hydrogen (secondary N) is 1. The lowest BCUT2D eigenvalue weighted by Gasteiger charge is -2.46. The molecule has 0 aliphatic heterocycles. The number of carbonyl (C=O) groups is 1. The second-order valence-corrected chi connectivity index (χ2v) is 14.5. The zero-order valence-electron chi connectivity index (χ0n) is 23.0. The Morgan fingerprint density at radius 2 is 1.67 bits per heavy atom. The van der Waals surface area contributed by atoms with Crippen molar-refractivity contribution in [3.63, 3.8) is 0 Å². The third-order valence-corrected chi connectivity index (χ3v) is 12.0. The summed E-state index contributed by atoms with van der Waals surface area (Å²) in [5, 5.41) is 35.4. The maximum absolute atomic E-state index is 13.9. The molecule has 2 bridgehead atoms. The van der Waals surface area contributed by atoms with Gasteiger partial charge in [0.05, 0.1) is 26.5 Å². The van der Waals surface area contributed by atoms with Crippen molar-refractivity contribution in [1.82, 2.24) is 4.98 Å². The smallest absolute Gasteiger partial charge is 0.255 e. The van der Waals surface area contributed by atoms with Gasteiger partial charge in [-0.3, -0.25) is 9.78 Å². The quantitative estimate of drug-likeness (QED) is 0.276. The zero-order chi connectivity index (χ0) is 30.7. The number of anilines is 1. The number of halogens is 3. The number of carbonyl (C=O) groups excluding carboxylic acids is 1. The minimum atomic E-state index is -4.10. The van der Waals surface area contributed by atoms with E-state index in [1.807, 2.05) is 6.07 Å². The van der Waals surface area contributed by atoms with E-state index in [0.29, 0.717) is 18.8 Å². The van der Waals surface area contributed by atoms with Crippen LogP contribution >= 0.6 is 11.6 Å². The topological polar surface area (TPSA) is 137 Å². The lowest BCUT2D eigenvalue weighted by Crippen LogP contribution is -2.57. The van der Waals surface area contributed by atoms with Crippen LogP contribution in [0, 0.1) is 23.5 Å². The van der Waals surface area contributed by atoms with Crippen molar-refractivity contribution >= 4 is 33.0 Å². The number of nitrogens with zero attached hydrogens (tertiary/aromatic N) is 1. The van der Waals surface area contributed by atoms with Crippen molar-refractivity contribution in [1.29, 1.82) is 0 Å². The second kappa shape index (κ2) is 11.2. The summed E-state index contributed by atoms with van der Waals surface area (Å²) in [6.07, 6.45) is 1.84. The van der Waals surface area contributed by atoms with E-state index in [-0.39, 0.29) is 39.7 Å². The van der Waals surface area contributed by atoms with Crippen molar-refractivity contribution in [2.45, 2.75) is 72.4 Å². The van der Waals surface area contributed by atoms with Crippen molar-refractivity contribution in [3.8, 4) is 0 Å². The van der Waals surface area contributed by atoms with Gasteiger partial charge >= 0.3 is 0 Å². The molecule has 1 aromatic heterocycles. The molecule has 0 radical (unpaired) electrons. The van der Waals surface area contributed by atoms with Gasteiger partial charge in [0, 0.05) is 23.5 Å². The van der Waals surface area contributed by atoms with Crippen molar-refractivity contribution in [3.05, 3.63) is 88.2 Å². The lowest BCUT2D eigenvalue weighted by molar-refractivity contribution is -0.178. The first-order valence-electron chi connectivity index (χ1n) is 14.2. The third kappa shape index (κ3) is 5.46. The normalized spacial score (nSPS) is 26.6. The highest BCUT2D eigenvalue weighted by molar-refractivity contribution is 7.92. The Labute approximate surface area is 252 Å². The summed E-state index contributed by atoms with van der Waals surface area (Å²) in [4.78, 5) is 16.9. The molecule has 0 saturated heterocycles. The first kappa shape index (κ1) is 30.1. The summed E-state index contributed by atoms with van der Waals surface area (Å²) in [7, 11) is -4.10. The van der Waals surface area contributed by atoms with E-state index in [1.54, 1.807) is 12.3 Å². The Balaban J connectivity index is 1.20. The number of sulfone groups is 1. The van der Waals surface area contributed by atoms with E-state index in [4.69, 9.17) is 11.6 Å². The fourth-order valence-electron chi connectivity index (χ4n) is 6.76. The minimum absolute atomic E-state index is 0.0128. The maximum atomic E-state index is 13.9. The Morgan fingerprint density at radius 1 is 0.977 bits per heavy atom. The molecule has 3 unspecified atom stereocenters. The van der Waals surface area contributed by atoms with Gasteiger partial charge in [-0.2, -0.15) is 0 Å². The molecule has 6 rings (SSSR count). The molecule has 12 heteroatoms. The molecule has 43 heavy (non-hydrogen) atoms. The second-order valence-electron chi connectivity index (χ2n) is 11.9. The highest BCUT2D eigenvalue weighted by atomic mass is 35.5. The first-order valence-corrected chi connectivity index (χ1v) is 16.2. The van der Waals surface area contributed by atoms with E-state index in [0.717, 1.165) is 36.6 Å². The Kier molecular flexibility index (Phi) is 7.83. The van der Waals surface area contributed by atoms with Gasteiger partial charge in [0.2, 0.25) is 0 Å². The lowest BCUT2D eigenvalue weighted by atomic mass is 9.69. The molecule has 6 atom stereocenters. The number of amides is 1. The predicted octanol–water partition coefficient (Wildman–Crippen LogP) is 4.93. The van der Waals surface area contributed by atoms with Gasteiger partial charge in [0.15, 0.2) is 21.5 Å². The minimum Gasteiger partial charge on any atom is -0.387 e. The number of pyridine rings is 1. The summed E-state index contributed by atoms with van der Waals surface area (Å²) >= 11 is 6.31. The van der Waals surface area contributed by atoms with Crippen LogP contribution in [0.3, 0.4) is 0 Å². The highest BCUT2D eigenvalue weighted by Gasteiger charge is 2.60. The number of hydrogen-bond acceptors (Lipinski definition) is 7. The van der Waals surface area contributed by atoms with Gasteiger partial charge in [-0.25, -0.2) is 17.2 Å². The molecule has 228 valence electrons. The van der Waals surface area contributed by atoms with Crippen LogP contribution in [0.1, 0.15) is 72.2 Å². The average molecular weight is 633 g/mol. The largest absolute Gasteiger partial charge is 0.387 e. The molecule has 0 spiro atoms. The Morgan fingerprint density at radius 3 is 2.28 bits per heavy atom. The van der Waals surface area contributed by atoms with Crippen LogP contribution in [-0.2, 0) is 9.84 Å². The molecular formula is C31H31ClF2N2O6S. The van der Waals surface area contributed by atoms with Crippen LogP contribution in [0.25, 0.3) is 0 Å². The number of hydrogen-bond donors (Lipinski definition) is 4. The molecule has 3 aromatic rings. The van der Waals surface area contributed by atoms with E-state index in [2.05, 4.69) is 10.3 Å². The number of benzene rings is 2. The Bertz CT molecular complexity index is 1650. The van der Waals surface area contributed by atoms with Gasteiger partial charge in [0.25, 0.3) is 5.91 Å². The number of aliphatic hydroxyl groups is 3. The standard InChI is InChI=1S/C31H31ClF2N2O6S/c32-23-8-3-17(30(39)36-21-7-9-24(33)25(34)14-21)11-27(23)43(41,42)22-12-19-5-6-20(13-22)31(19,40)29(38)28(37)26-10-4-18(15-35-26)16-1-2-16/h3-4,7-11,14-16,19-20,22,28-29,37-38,40H,1-2,5-6,12-13H2,(H,36,39)/t19-,20?,22-,28?,29?,31-/m0/s1. The molecule has 3 aliphatic rings. The number of aliphatic hydroxyl groups excluding tert-OH is 2. The van der Waals surface area contributed by atoms with Gasteiger partial charge in [-0.05, 0) is 98.2 Å². The first-order chi connectivity index (χ1) is 20.4. The number of rotatable bonds is 8. The van der Waals surface area contributed by atoms with Crippen LogP contribution in [-0.4, -0.2) is 51.6 Å². The van der Waals surface area contributed by atoms with Gasteiger partial charge in [-0.1, -0.05) is 17.7 Å². The fraction of sp³-hybridized carbons (Fsp3) is 0.419. The summed E-state index contributed by atoms with van der Waals surface area (Å²) in [5.74, 6) is -3.71. The molecule has 4 N–H and O–H groups in total. The van der Waals surface area contributed by atoms with E-state index in [1.165, 1.54) is 18.2 Å². The fourth-order valence-corrected chi connectivity index (χ4v) is 9.16. The van der Waals surface area contributed by atoms with Crippen molar-refractivity contribution in [2.75, 3.05) is 5.32 Å². The van der Waals surface area contributed by atoms with Crippen LogP contribution in [0.5, 0.6) is 0 Å². The van der Waals surface area contributed by atoms with Gasteiger partial charge in [0.1, 0.15) is 12.2 Å². The molecule has 3 fully saturated rings. The third-order valence-electron chi connectivity index (χ3n) is 9.32. The predicted molar refractivity (Wildman–Crippen MR) is 154 cm³/mol. The van der Waals surface area contributed by atoms with Gasteiger partial charge < -0.3 is 20.6 Å². The summed E-state index contributed by atoms with van der Waals surface area (Å²) < 4.78 is 54.6. The maximum Gasteiger partial charge on any atom is 0.255 e. The van der Waals surface area contributed by atoms with Crippen molar-refractivity contribution < 1.29 is 37.3 Å². The molecular weight excluding hydrogens is 602 g/mol. The van der Waals surface area contributed by atoms with E-state index < -0.39 is 62.3 Å². The highest BCUT2D eigenvalue weighted by Crippen LogP contribution is 2.55. The van der Waals surface area contributed by atoms with Crippen molar-refractivity contribution in [2.24, 2.45) is 11.8 Å². The van der Waals surface area contributed by atoms with Crippen LogP contribution in [0.2, 0.25) is 5.02 Å². The molecule has 2 aromatic carbocycles. The summed E-state index contributed by atoms with van der Waals surface area (Å²) in [6, 6.07) is 10.1. The van der Waals surface area contributed by atoms with Crippen LogP contribution in [0.15, 0.2) is 59.6 Å². The summed E-state index contributed by atoms with van der Waals surface area (Å²) in [6.45, 7) is 0. The zero-order valence-corrected chi connectivity index (χ0v) is 24.5. The SMILES string of the molecule is O=C(Nc1ccc(F)c(F)c1)c1ccc(Cl)c(S(=O)(=O)[C@@H]2CC3CC[C@@H](C2)[C@@]3(O)C(O)C(O)c2ccc(C3CC3)cn2)c1. The van der Waals surface area contributed by atoms with Gasteiger partial charge in [-0.15, -0.1) is 0 Å². The molecule has 8 nitrogen and oxygen atoms in total. The number of aromatic nitrogens is 1. The molecule has 3 saturated carbocycles. The molecule has 3 aliphatic carbocycles. The summed E-state index contributed by atoms with van der Waals surface area (Å²) in [5.41, 5.74) is -0.467. The molecule has 1 heterocycles. The van der Waals surface area contributed by atoms with Crippen LogP contribution in [0.4, 0.5) is 14.5 Å². The van der Waals surface area contributed by atoms with E-state index in [9.17, 15) is 37.3 Å². The number of fused-ring (bicyclic) bond motifs is 2. The Hall–Kier alpha value is -2.96. The average Bonchev–Trinajstić information content (AvgIpc) is 3.82. The monoisotopic (exact) mass is 632 g/mol. The molecule has 1 amide bonds.